The van der Waals surface area contributed by atoms with E-state index in [9.17, 15) is 4.79 Å². The number of ether oxygens (including phenoxy) is 2. The van der Waals surface area contributed by atoms with Crippen LogP contribution in [0.3, 0.4) is 0 Å². The molecule has 4 nitrogen and oxygen atoms in total. The Bertz CT molecular complexity index is 710. The minimum atomic E-state index is -0.0146. The van der Waals surface area contributed by atoms with Crippen LogP contribution in [0, 0.1) is 0 Å². The molecular formula is C21H25NO3. The van der Waals surface area contributed by atoms with Crippen molar-refractivity contribution >= 4 is 12.0 Å². The summed E-state index contributed by atoms with van der Waals surface area (Å²) in [7, 11) is 1.61. The molecule has 0 saturated heterocycles. The van der Waals surface area contributed by atoms with Crippen LogP contribution < -0.4 is 9.47 Å². The molecule has 0 N–H and O–H groups in total. The van der Waals surface area contributed by atoms with E-state index in [2.05, 4.69) is 0 Å². The van der Waals surface area contributed by atoms with Gasteiger partial charge in [0.25, 0.3) is 0 Å². The molecule has 2 rings (SSSR count). The third-order valence-corrected chi connectivity index (χ3v) is 3.82. The maximum atomic E-state index is 12.5. The number of rotatable bonds is 8. The molecule has 0 atom stereocenters. The molecule has 2 aromatic carbocycles. The Balaban J connectivity index is 2.07. The first kappa shape index (κ1) is 18.6. The first-order valence-corrected chi connectivity index (χ1v) is 8.49. The number of likely N-dealkylation sites (N-methyl/N-ethyl adjacent to an activating group) is 1. The van der Waals surface area contributed by atoms with Gasteiger partial charge in [0.05, 0.1) is 13.7 Å². The van der Waals surface area contributed by atoms with Crippen LogP contribution in [0.15, 0.2) is 54.6 Å². The molecule has 0 heterocycles. The number of amides is 1. The molecule has 25 heavy (non-hydrogen) atoms. The highest BCUT2D eigenvalue weighted by atomic mass is 16.5. The van der Waals surface area contributed by atoms with Crippen molar-refractivity contribution < 1.29 is 14.3 Å². The summed E-state index contributed by atoms with van der Waals surface area (Å²) in [6.45, 7) is 5.75. The smallest absolute Gasteiger partial charge is 0.246 e. The van der Waals surface area contributed by atoms with E-state index in [1.807, 2.05) is 62.4 Å². The number of nitrogens with zero attached hydrogens (tertiary/aromatic N) is 1. The van der Waals surface area contributed by atoms with E-state index < -0.39 is 0 Å². The highest BCUT2D eigenvalue weighted by Gasteiger charge is 2.09. The van der Waals surface area contributed by atoms with E-state index in [4.69, 9.17) is 9.47 Å². The summed E-state index contributed by atoms with van der Waals surface area (Å²) in [5, 5.41) is 0. The average molecular weight is 339 g/mol. The molecule has 0 bridgehead atoms. The number of hydrogen-bond donors (Lipinski definition) is 0. The Morgan fingerprint density at radius 3 is 2.48 bits per heavy atom. The van der Waals surface area contributed by atoms with Crippen LogP contribution in [0.25, 0.3) is 6.08 Å². The summed E-state index contributed by atoms with van der Waals surface area (Å²) < 4.78 is 10.8. The van der Waals surface area contributed by atoms with Gasteiger partial charge in [0, 0.05) is 19.2 Å². The van der Waals surface area contributed by atoms with Gasteiger partial charge in [-0.15, -0.1) is 0 Å². The van der Waals surface area contributed by atoms with E-state index in [1.165, 1.54) is 0 Å². The van der Waals surface area contributed by atoms with Gasteiger partial charge in [0.1, 0.15) is 0 Å². The quantitative estimate of drug-likeness (QED) is 0.678. The average Bonchev–Trinajstić information content (AvgIpc) is 2.66. The lowest BCUT2D eigenvalue weighted by molar-refractivity contribution is -0.126. The van der Waals surface area contributed by atoms with E-state index in [0.717, 1.165) is 11.1 Å². The molecule has 132 valence electrons. The standard InChI is InChI=1S/C21H25NO3/c1-4-22(16-18-9-7-6-8-10-18)21(23)14-12-17-11-13-19(25-5-2)20(15-17)24-3/h6-15H,4-5,16H2,1-3H3/b14-12+. The zero-order valence-electron chi connectivity index (χ0n) is 15.1. The largest absolute Gasteiger partial charge is 0.493 e. The van der Waals surface area contributed by atoms with Gasteiger partial charge >= 0.3 is 0 Å². The summed E-state index contributed by atoms with van der Waals surface area (Å²) in [6.07, 6.45) is 3.40. The fourth-order valence-corrected chi connectivity index (χ4v) is 2.48. The van der Waals surface area contributed by atoms with Crippen molar-refractivity contribution in [3.63, 3.8) is 0 Å². The summed E-state index contributed by atoms with van der Waals surface area (Å²) >= 11 is 0. The highest BCUT2D eigenvalue weighted by molar-refractivity contribution is 5.91. The van der Waals surface area contributed by atoms with Gasteiger partial charge in [0.15, 0.2) is 11.5 Å². The van der Waals surface area contributed by atoms with Crippen molar-refractivity contribution in [2.75, 3.05) is 20.3 Å². The molecule has 0 saturated carbocycles. The molecular weight excluding hydrogens is 314 g/mol. The number of carbonyl (C=O) groups is 1. The zero-order valence-corrected chi connectivity index (χ0v) is 15.1. The molecule has 4 heteroatoms. The Kier molecular flexibility index (Phi) is 7.08. The summed E-state index contributed by atoms with van der Waals surface area (Å²) in [5.74, 6) is 1.35. The second-order valence-corrected chi connectivity index (χ2v) is 5.51. The predicted molar refractivity (Wildman–Crippen MR) is 101 cm³/mol. The van der Waals surface area contributed by atoms with Gasteiger partial charge in [-0.2, -0.15) is 0 Å². The van der Waals surface area contributed by atoms with E-state index in [-0.39, 0.29) is 5.91 Å². The number of hydrogen-bond acceptors (Lipinski definition) is 3. The van der Waals surface area contributed by atoms with Crippen molar-refractivity contribution in [1.29, 1.82) is 0 Å². The zero-order chi connectivity index (χ0) is 18.1. The summed E-state index contributed by atoms with van der Waals surface area (Å²) in [6, 6.07) is 15.6. The lowest BCUT2D eigenvalue weighted by Crippen LogP contribution is -2.28. The summed E-state index contributed by atoms with van der Waals surface area (Å²) in [5.41, 5.74) is 2.01. The lowest BCUT2D eigenvalue weighted by Gasteiger charge is -2.19. The SMILES string of the molecule is CCOc1ccc(/C=C/C(=O)N(CC)Cc2ccccc2)cc1OC. The van der Waals surface area contributed by atoms with Crippen LogP contribution in [0.4, 0.5) is 0 Å². The second kappa shape index (κ2) is 9.52. The predicted octanol–water partition coefficient (Wildman–Crippen LogP) is 4.16. The van der Waals surface area contributed by atoms with Gasteiger partial charge in [-0.05, 0) is 43.2 Å². The molecule has 0 radical (unpaired) electrons. The maximum Gasteiger partial charge on any atom is 0.246 e. The van der Waals surface area contributed by atoms with E-state index in [1.54, 1.807) is 24.2 Å². The third kappa shape index (κ3) is 5.38. The van der Waals surface area contributed by atoms with Gasteiger partial charge in [0.2, 0.25) is 5.91 Å². The molecule has 0 aliphatic heterocycles. The van der Waals surface area contributed by atoms with Crippen molar-refractivity contribution in [1.82, 2.24) is 4.90 Å². The van der Waals surface area contributed by atoms with E-state index >= 15 is 0 Å². The Morgan fingerprint density at radius 1 is 1.08 bits per heavy atom. The van der Waals surface area contributed by atoms with Crippen molar-refractivity contribution in [2.45, 2.75) is 20.4 Å². The van der Waals surface area contributed by atoms with Crippen LogP contribution in [0.5, 0.6) is 11.5 Å². The Hall–Kier alpha value is -2.75. The Morgan fingerprint density at radius 2 is 1.84 bits per heavy atom. The van der Waals surface area contributed by atoms with Crippen molar-refractivity contribution in [3.05, 3.63) is 65.7 Å². The molecule has 0 aliphatic rings. The second-order valence-electron chi connectivity index (χ2n) is 5.51. The van der Waals surface area contributed by atoms with E-state index in [0.29, 0.717) is 31.2 Å². The number of carbonyl (C=O) groups excluding carboxylic acids is 1. The van der Waals surface area contributed by atoms with Gasteiger partial charge in [-0.1, -0.05) is 36.4 Å². The van der Waals surface area contributed by atoms with Gasteiger partial charge < -0.3 is 14.4 Å². The van der Waals surface area contributed by atoms with Crippen LogP contribution in [-0.2, 0) is 11.3 Å². The Labute approximate surface area is 149 Å². The lowest BCUT2D eigenvalue weighted by atomic mass is 10.1. The molecule has 2 aromatic rings. The maximum absolute atomic E-state index is 12.5. The molecule has 0 unspecified atom stereocenters. The molecule has 0 fully saturated rings. The number of benzene rings is 2. The first-order chi connectivity index (χ1) is 12.2. The molecule has 0 aliphatic carbocycles. The fourth-order valence-electron chi connectivity index (χ4n) is 2.48. The minimum Gasteiger partial charge on any atom is -0.493 e. The monoisotopic (exact) mass is 339 g/mol. The third-order valence-electron chi connectivity index (χ3n) is 3.82. The molecule has 1 amide bonds. The van der Waals surface area contributed by atoms with Crippen LogP contribution in [0.2, 0.25) is 0 Å². The first-order valence-electron chi connectivity index (χ1n) is 8.49. The van der Waals surface area contributed by atoms with Crippen LogP contribution in [0.1, 0.15) is 25.0 Å². The normalized spacial score (nSPS) is 10.7. The minimum absolute atomic E-state index is 0.0146. The molecule has 0 spiro atoms. The summed E-state index contributed by atoms with van der Waals surface area (Å²) in [4.78, 5) is 14.3. The van der Waals surface area contributed by atoms with Crippen molar-refractivity contribution in [3.8, 4) is 11.5 Å². The molecule has 0 aromatic heterocycles. The van der Waals surface area contributed by atoms with Crippen LogP contribution >= 0.6 is 0 Å². The van der Waals surface area contributed by atoms with Crippen LogP contribution in [-0.4, -0.2) is 31.1 Å². The van der Waals surface area contributed by atoms with Crippen molar-refractivity contribution in [2.24, 2.45) is 0 Å². The highest BCUT2D eigenvalue weighted by Crippen LogP contribution is 2.28. The fraction of sp³-hybridized carbons (Fsp3) is 0.286. The van der Waals surface area contributed by atoms with Gasteiger partial charge in [-0.25, -0.2) is 0 Å². The number of methoxy groups -OCH3 is 1. The topological polar surface area (TPSA) is 38.8 Å². The van der Waals surface area contributed by atoms with Gasteiger partial charge in [-0.3, -0.25) is 4.79 Å².